The fourth-order valence-electron chi connectivity index (χ4n) is 3.94. The zero-order chi connectivity index (χ0) is 24.2. The SMILES string of the molecule is Cc1cccc(NC(=O)C2CCCN(C(=O)c3sc(NC(=O)c4ccccc4Cl)cc3C)C2)n1. The van der Waals surface area contributed by atoms with Gasteiger partial charge in [0.1, 0.15) is 5.82 Å². The highest BCUT2D eigenvalue weighted by molar-refractivity contribution is 7.18. The summed E-state index contributed by atoms with van der Waals surface area (Å²) in [5.74, 6) is -0.385. The van der Waals surface area contributed by atoms with Crippen LogP contribution in [0.1, 0.15) is 44.1 Å². The molecule has 4 rings (SSSR count). The van der Waals surface area contributed by atoms with Crippen molar-refractivity contribution in [3.05, 3.63) is 75.3 Å². The Morgan fingerprint density at radius 2 is 1.88 bits per heavy atom. The standard InChI is InChI=1S/C25H25ClN4O3S/c1-15-13-21(29-24(32)18-9-3-4-10-19(18)26)34-22(15)25(33)30-12-6-8-17(14-30)23(31)28-20-11-5-7-16(2)27-20/h3-5,7,9-11,13,17H,6,8,12,14H2,1-2H3,(H,29,32)(H,27,28,31). The summed E-state index contributed by atoms with van der Waals surface area (Å²) in [6.45, 7) is 4.64. The van der Waals surface area contributed by atoms with Gasteiger partial charge in [0.05, 0.1) is 26.4 Å². The first-order valence-corrected chi connectivity index (χ1v) is 12.2. The number of anilines is 2. The lowest BCUT2D eigenvalue weighted by Gasteiger charge is -2.31. The topological polar surface area (TPSA) is 91.4 Å². The average molecular weight is 497 g/mol. The second-order valence-corrected chi connectivity index (χ2v) is 9.76. The van der Waals surface area contributed by atoms with Crippen molar-refractivity contribution in [3.8, 4) is 0 Å². The van der Waals surface area contributed by atoms with Crippen LogP contribution in [0.25, 0.3) is 0 Å². The molecule has 3 amide bonds. The van der Waals surface area contributed by atoms with Gasteiger partial charge in [-0.1, -0.05) is 29.8 Å². The van der Waals surface area contributed by atoms with Crippen molar-refractivity contribution >= 4 is 51.5 Å². The number of carbonyl (C=O) groups is 3. The second kappa shape index (κ2) is 10.4. The number of hydrogen-bond donors (Lipinski definition) is 2. The molecule has 7 nitrogen and oxygen atoms in total. The van der Waals surface area contributed by atoms with Crippen molar-refractivity contribution < 1.29 is 14.4 Å². The van der Waals surface area contributed by atoms with Crippen molar-refractivity contribution in [1.29, 1.82) is 0 Å². The van der Waals surface area contributed by atoms with Gasteiger partial charge in [-0.3, -0.25) is 14.4 Å². The van der Waals surface area contributed by atoms with E-state index in [0.717, 1.165) is 17.7 Å². The molecule has 0 radical (unpaired) electrons. The van der Waals surface area contributed by atoms with E-state index in [0.29, 0.717) is 45.8 Å². The number of aryl methyl sites for hydroxylation is 2. The summed E-state index contributed by atoms with van der Waals surface area (Å²) in [6, 6.07) is 14.1. The number of pyridine rings is 1. The lowest BCUT2D eigenvalue weighted by Crippen LogP contribution is -2.43. The molecular formula is C25H25ClN4O3S. The van der Waals surface area contributed by atoms with Gasteiger partial charge in [-0.15, -0.1) is 11.3 Å². The predicted molar refractivity (Wildman–Crippen MR) is 135 cm³/mol. The van der Waals surface area contributed by atoms with Crippen LogP contribution in [-0.4, -0.2) is 40.7 Å². The maximum atomic E-state index is 13.3. The normalized spacial score (nSPS) is 15.6. The minimum absolute atomic E-state index is 0.132. The maximum Gasteiger partial charge on any atom is 0.264 e. The molecule has 1 fully saturated rings. The molecule has 1 unspecified atom stereocenters. The van der Waals surface area contributed by atoms with Gasteiger partial charge in [-0.2, -0.15) is 0 Å². The summed E-state index contributed by atoms with van der Waals surface area (Å²) in [5, 5.41) is 6.63. The van der Waals surface area contributed by atoms with E-state index < -0.39 is 0 Å². The molecule has 0 saturated carbocycles. The van der Waals surface area contributed by atoms with Crippen LogP contribution >= 0.6 is 22.9 Å². The molecule has 3 aromatic rings. The number of thiophene rings is 1. The number of nitrogens with zero attached hydrogens (tertiary/aromatic N) is 2. The molecule has 0 bridgehead atoms. The highest BCUT2D eigenvalue weighted by Crippen LogP contribution is 2.30. The first-order chi connectivity index (χ1) is 16.3. The third-order valence-corrected chi connectivity index (χ3v) is 7.16. The van der Waals surface area contributed by atoms with Gasteiger partial charge in [-0.05, 0) is 62.6 Å². The third-order valence-electron chi connectivity index (χ3n) is 5.69. The molecule has 9 heteroatoms. The van der Waals surface area contributed by atoms with Crippen molar-refractivity contribution in [2.24, 2.45) is 5.92 Å². The van der Waals surface area contributed by atoms with Gasteiger partial charge in [0.15, 0.2) is 0 Å². The molecule has 176 valence electrons. The third kappa shape index (κ3) is 5.46. The Morgan fingerprint density at radius 1 is 1.09 bits per heavy atom. The van der Waals surface area contributed by atoms with Gasteiger partial charge in [0, 0.05) is 18.8 Å². The van der Waals surface area contributed by atoms with Crippen LogP contribution < -0.4 is 10.6 Å². The van der Waals surface area contributed by atoms with Gasteiger partial charge >= 0.3 is 0 Å². The van der Waals surface area contributed by atoms with E-state index in [9.17, 15) is 14.4 Å². The number of rotatable bonds is 5. The van der Waals surface area contributed by atoms with Crippen molar-refractivity contribution in [1.82, 2.24) is 9.88 Å². The Kier molecular flexibility index (Phi) is 7.29. The monoisotopic (exact) mass is 496 g/mol. The molecule has 1 aliphatic heterocycles. The molecule has 1 aliphatic rings. The molecule has 3 heterocycles. The number of hydrogen-bond acceptors (Lipinski definition) is 5. The average Bonchev–Trinajstić information content (AvgIpc) is 3.18. The van der Waals surface area contributed by atoms with Gasteiger partial charge in [0.2, 0.25) is 5.91 Å². The summed E-state index contributed by atoms with van der Waals surface area (Å²) in [4.78, 5) is 45.2. The summed E-state index contributed by atoms with van der Waals surface area (Å²) in [6.07, 6.45) is 1.45. The van der Waals surface area contributed by atoms with Crippen molar-refractivity contribution in [2.45, 2.75) is 26.7 Å². The molecule has 1 saturated heterocycles. The van der Waals surface area contributed by atoms with E-state index in [-0.39, 0.29) is 23.6 Å². The molecular weight excluding hydrogens is 472 g/mol. The molecule has 1 aromatic carbocycles. The Hall–Kier alpha value is -3.23. The fraction of sp³-hybridized carbons (Fsp3) is 0.280. The Bertz CT molecular complexity index is 1240. The molecule has 0 spiro atoms. The van der Waals surface area contributed by atoms with Gasteiger partial charge < -0.3 is 15.5 Å². The quantitative estimate of drug-likeness (QED) is 0.510. The molecule has 2 aromatic heterocycles. The smallest absolute Gasteiger partial charge is 0.264 e. The minimum Gasteiger partial charge on any atom is -0.337 e. The first kappa shape index (κ1) is 23.9. The lowest BCUT2D eigenvalue weighted by molar-refractivity contribution is -0.121. The summed E-state index contributed by atoms with van der Waals surface area (Å²) < 4.78 is 0. The number of halogens is 1. The highest BCUT2D eigenvalue weighted by atomic mass is 35.5. The Balaban J connectivity index is 1.42. The van der Waals surface area contributed by atoms with E-state index in [4.69, 9.17) is 11.6 Å². The molecule has 34 heavy (non-hydrogen) atoms. The fourth-order valence-corrected chi connectivity index (χ4v) is 5.20. The van der Waals surface area contributed by atoms with Crippen LogP contribution in [-0.2, 0) is 4.79 Å². The Morgan fingerprint density at radius 3 is 2.65 bits per heavy atom. The number of benzene rings is 1. The number of carbonyl (C=O) groups excluding carboxylic acids is 3. The number of likely N-dealkylation sites (tertiary alicyclic amines) is 1. The van der Waals surface area contributed by atoms with E-state index in [1.54, 1.807) is 41.3 Å². The van der Waals surface area contributed by atoms with Crippen LogP contribution in [0.5, 0.6) is 0 Å². The number of nitrogens with one attached hydrogen (secondary N) is 2. The molecule has 0 aliphatic carbocycles. The second-order valence-electron chi connectivity index (χ2n) is 8.30. The highest BCUT2D eigenvalue weighted by Gasteiger charge is 2.30. The van der Waals surface area contributed by atoms with Crippen molar-refractivity contribution in [3.63, 3.8) is 0 Å². The summed E-state index contributed by atoms with van der Waals surface area (Å²) >= 11 is 7.34. The van der Waals surface area contributed by atoms with E-state index >= 15 is 0 Å². The molecule has 1 atom stereocenters. The maximum absolute atomic E-state index is 13.3. The van der Waals surface area contributed by atoms with E-state index in [1.165, 1.54) is 11.3 Å². The van der Waals surface area contributed by atoms with E-state index in [1.807, 2.05) is 26.0 Å². The van der Waals surface area contributed by atoms with E-state index in [2.05, 4.69) is 15.6 Å². The summed E-state index contributed by atoms with van der Waals surface area (Å²) in [7, 11) is 0. The number of piperidine rings is 1. The van der Waals surface area contributed by atoms with Gasteiger partial charge in [0.25, 0.3) is 11.8 Å². The van der Waals surface area contributed by atoms with Crippen LogP contribution in [0, 0.1) is 19.8 Å². The predicted octanol–water partition coefficient (Wildman–Crippen LogP) is 5.16. The van der Waals surface area contributed by atoms with Crippen LogP contribution in [0.4, 0.5) is 10.8 Å². The van der Waals surface area contributed by atoms with Crippen LogP contribution in [0.15, 0.2) is 48.5 Å². The minimum atomic E-state index is -0.328. The number of aromatic nitrogens is 1. The number of amides is 3. The zero-order valence-electron chi connectivity index (χ0n) is 18.9. The largest absolute Gasteiger partial charge is 0.337 e. The van der Waals surface area contributed by atoms with Crippen LogP contribution in [0.2, 0.25) is 5.02 Å². The zero-order valence-corrected chi connectivity index (χ0v) is 20.5. The Labute approximate surface area is 207 Å². The van der Waals surface area contributed by atoms with Gasteiger partial charge in [-0.25, -0.2) is 4.98 Å². The molecule has 2 N–H and O–H groups in total. The van der Waals surface area contributed by atoms with Crippen LogP contribution in [0.3, 0.4) is 0 Å². The summed E-state index contributed by atoms with van der Waals surface area (Å²) in [5.41, 5.74) is 1.97. The lowest BCUT2D eigenvalue weighted by atomic mass is 9.97. The first-order valence-electron chi connectivity index (χ1n) is 11.0. The van der Waals surface area contributed by atoms with Crippen molar-refractivity contribution in [2.75, 3.05) is 23.7 Å².